The number of aliphatic hydroxyl groups is 1. The van der Waals surface area contributed by atoms with Crippen molar-refractivity contribution in [2.45, 2.75) is 31.2 Å². The van der Waals surface area contributed by atoms with Gasteiger partial charge < -0.3 is 15.7 Å². The summed E-state index contributed by atoms with van der Waals surface area (Å²) in [6, 6.07) is 1.57. The number of hydrogen-bond acceptors (Lipinski definition) is 2. The van der Waals surface area contributed by atoms with Gasteiger partial charge in [-0.1, -0.05) is 27.8 Å². The number of benzene rings is 1. The molecule has 8 heteroatoms. The number of carbonyl (C=O) groups is 1. The van der Waals surface area contributed by atoms with Crippen LogP contribution in [-0.4, -0.2) is 17.3 Å². The molecule has 1 heterocycles. The van der Waals surface area contributed by atoms with Gasteiger partial charge in [-0.3, -0.25) is 0 Å². The Hall–Kier alpha value is -1.72. The van der Waals surface area contributed by atoms with Gasteiger partial charge in [0.25, 0.3) is 0 Å². The zero-order valence-corrected chi connectivity index (χ0v) is 13.3. The molecule has 23 heavy (non-hydrogen) atoms. The standard InChI is InChI=1S/C15H12BrF3N2O2/c16-11-6-10-12(5-9(11)7-22)20-13(23)21-14(10,15(17,18)19)4-3-8-1-2-8/h5-6,8,22H,1-2,7H2,(H2,20,21,23)/t14-/m0/s1. The number of carbonyl (C=O) groups excluding carboxylic acids is 1. The second-order valence-corrected chi connectivity index (χ2v) is 6.37. The van der Waals surface area contributed by atoms with Crippen LogP contribution in [0.3, 0.4) is 0 Å². The molecule has 0 aromatic heterocycles. The molecule has 3 N–H and O–H groups in total. The van der Waals surface area contributed by atoms with E-state index < -0.39 is 17.7 Å². The first-order valence-corrected chi connectivity index (χ1v) is 7.68. The number of hydrogen-bond donors (Lipinski definition) is 3. The summed E-state index contributed by atoms with van der Waals surface area (Å²) < 4.78 is 41.8. The summed E-state index contributed by atoms with van der Waals surface area (Å²) >= 11 is 3.15. The van der Waals surface area contributed by atoms with E-state index in [2.05, 4.69) is 33.1 Å². The van der Waals surface area contributed by atoms with Gasteiger partial charge >= 0.3 is 12.2 Å². The molecule has 0 radical (unpaired) electrons. The third kappa shape index (κ3) is 2.79. The van der Waals surface area contributed by atoms with Gasteiger partial charge in [-0.05, 0) is 30.5 Å². The predicted molar refractivity (Wildman–Crippen MR) is 80.5 cm³/mol. The van der Waals surface area contributed by atoms with Gasteiger partial charge in [0.05, 0.1) is 6.61 Å². The molecule has 122 valence electrons. The van der Waals surface area contributed by atoms with Gasteiger partial charge in [-0.15, -0.1) is 0 Å². The zero-order chi connectivity index (χ0) is 16.8. The molecule has 1 atom stereocenters. The third-order valence-electron chi connectivity index (χ3n) is 3.78. The number of alkyl halides is 3. The van der Waals surface area contributed by atoms with Gasteiger partial charge in [0.1, 0.15) is 0 Å². The lowest BCUT2D eigenvalue weighted by Gasteiger charge is -2.37. The Labute approximate surface area is 138 Å². The van der Waals surface area contributed by atoms with Crippen LogP contribution < -0.4 is 10.6 Å². The molecule has 2 aliphatic rings. The fourth-order valence-corrected chi connectivity index (χ4v) is 2.84. The highest BCUT2D eigenvalue weighted by atomic mass is 79.9. The molecule has 1 aromatic rings. The molecule has 0 spiro atoms. The molecule has 4 nitrogen and oxygen atoms in total. The van der Waals surface area contributed by atoms with E-state index in [4.69, 9.17) is 0 Å². The molecule has 1 aliphatic carbocycles. The van der Waals surface area contributed by atoms with E-state index in [1.807, 2.05) is 5.32 Å². The van der Waals surface area contributed by atoms with Crippen LogP contribution in [0.5, 0.6) is 0 Å². The lowest BCUT2D eigenvalue weighted by atomic mass is 9.85. The van der Waals surface area contributed by atoms with E-state index in [1.165, 1.54) is 12.1 Å². The summed E-state index contributed by atoms with van der Waals surface area (Å²) in [7, 11) is 0. The molecule has 1 fully saturated rings. The van der Waals surface area contributed by atoms with E-state index in [-0.39, 0.29) is 23.8 Å². The number of fused-ring (bicyclic) bond motifs is 1. The van der Waals surface area contributed by atoms with Crippen LogP contribution >= 0.6 is 15.9 Å². The maximum atomic E-state index is 13.8. The second kappa shape index (κ2) is 5.42. The summed E-state index contributed by atoms with van der Waals surface area (Å²) in [4.78, 5) is 11.8. The summed E-state index contributed by atoms with van der Waals surface area (Å²) in [6.45, 7) is -0.371. The Bertz CT molecular complexity index is 735. The minimum absolute atomic E-state index is 0.0107. The lowest BCUT2D eigenvalue weighted by Crippen LogP contribution is -2.59. The summed E-state index contributed by atoms with van der Waals surface area (Å²) in [5.74, 6) is 4.81. The van der Waals surface area contributed by atoms with E-state index in [9.17, 15) is 23.1 Å². The molecule has 0 saturated heterocycles. The predicted octanol–water partition coefficient (Wildman–Crippen LogP) is 3.25. The van der Waals surface area contributed by atoms with Crippen molar-refractivity contribution in [3.05, 3.63) is 27.7 Å². The van der Waals surface area contributed by atoms with Gasteiger partial charge in [0, 0.05) is 21.6 Å². The van der Waals surface area contributed by atoms with Gasteiger partial charge in [0.2, 0.25) is 5.54 Å². The van der Waals surface area contributed by atoms with Crippen LogP contribution in [0, 0.1) is 17.8 Å². The van der Waals surface area contributed by atoms with Gasteiger partial charge in [-0.25, -0.2) is 4.79 Å². The van der Waals surface area contributed by atoms with Crippen LogP contribution in [0.2, 0.25) is 0 Å². The first-order chi connectivity index (χ1) is 10.8. The van der Waals surface area contributed by atoms with Crippen molar-refractivity contribution < 1.29 is 23.1 Å². The van der Waals surface area contributed by atoms with Gasteiger partial charge in [0.15, 0.2) is 0 Å². The molecule has 2 amide bonds. The summed E-state index contributed by atoms with van der Waals surface area (Å²) in [6.07, 6.45) is -3.25. The molecular formula is C15H12BrF3N2O2. The molecule has 1 saturated carbocycles. The van der Waals surface area contributed by atoms with E-state index in [0.717, 1.165) is 12.8 Å². The maximum Gasteiger partial charge on any atom is 0.427 e. The highest BCUT2D eigenvalue weighted by molar-refractivity contribution is 9.10. The van der Waals surface area contributed by atoms with E-state index in [1.54, 1.807) is 0 Å². The molecule has 0 bridgehead atoms. The Kier molecular flexibility index (Phi) is 3.81. The second-order valence-electron chi connectivity index (χ2n) is 5.52. The van der Waals surface area contributed by atoms with Crippen molar-refractivity contribution in [3.63, 3.8) is 0 Å². The van der Waals surface area contributed by atoms with Gasteiger partial charge in [-0.2, -0.15) is 13.2 Å². The molecule has 1 aromatic carbocycles. The first kappa shape index (κ1) is 16.1. The first-order valence-electron chi connectivity index (χ1n) is 6.89. The number of amides is 2. The van der Waals surface area contributed by atoms with Crippen molar-refractivity contribution in [1.82, 2.24) is 5.32 Å². The summed E-state index contributed by atoms with van der Waals surface area (Å²) in [5.41, 5.74) is -2.59. The Morgan fingerprint density at radius 3 is 2.65 bits per heavy atom. The van der Waals surface area contributed by atoms with Crippen LogP contribution in [0.1, 0.15) is 24.0 Å². The quantitative estimate of drug-likeness (QED) is 0.646. The highest BCUT2D eigenvalue weighted by Crippen LogP contribution is 2.45. The van der Waals surface area contributed by atoms with Crippen molar-refractivity contribution >= 4 is 27.6 Å². The fraction of sp³-hybridized carbons (Fsp3) is 0.400. The van der Waals surface area contributed by atoms with Crippen molar-refractivity contribution in [2.24, 2.45) is 5.92 Å². The molecule has 1 aliphatic heterocycles. The monoisotopic (exact) mass is 388 g/mol. The number of nitrogens with one attached hydrogen (secondary N) is 2. The number of rotatable bonds is 1. The third-order valence-corrected chi connectivity index (χ3v) is 4.51. The molecular weight excluding hydrogens is 377 g/mol. The largest absolute Gasteiger partial charge is 0.427 e. The SMILES string of the molecule is O=C1Nc2cc(CO)c(Br)cc2[C@@](C#CC2CC2)(C(F)(F)F)N1. The maximum absolute atomic E-state index is 13.8. The van der Waals surface area contributed by atoms with Crippen LogP contribution in [-0.2, 0) is 12.1 Å². The van der Waals surface area contributed by atoms with Crippen molar-refractivity contribution in [2.75, 3.05) is 5.32 Å². The average molecular weight is 389 g/mol. The van der Waals surface area contributed by atoms with Crippen molar-refractivity contribution in [1.29, 1.82) is 0 Å². The van der Waals surface area contributed by atoms with E-state index in [0.29, 0.717) is 10.0 Å². The van der Waals surface area contributed by atoms with E-state index >= 15 is 0 Å². The zero-order valence-electron chi connectivity index (χ0n) is 11.7. The average Bonchev–Trinajstić information content (AvgIpc) is 3.27. The Morgan fingerprint density at radius 1 is 1.39 bits per heavy atom. The normalized spacial score (nSPS) is 23.3. The number of anilines is 1. The number of halogens is 4. The lowest BCUT2D eigenvalue weighted by molar-refractivity contribution is -0.178. The van der Waals surface area contributed by atoms with Crippen LogP contribution in [0.15, 0.2) is 16.6 Å². The number of aliphatic hydroxyl groups excluding tert-OH is 1. The Balaban J connectivity index is 2.23. The van der Waals surface area contributed by atoms with Crippen LogP contribution in [0.25, 0.3) is 0 Å². The smallest absolute Gasteiger partial charge is 0.392 e. The van der Waals surface area contributed by atoms with Crippen molar-refractivity contribution in [3.8, 4) is 11.8 Å². The number of urea groups is 1. The fourth-order valence-electron chi connectivity index (χ4n) is 2.38. The minimum Gasteiger partial charge on any atom is -0.392 e. The molecule has 0 unspecified atom stereocenters. The minimum atomic E-state index is -4.79. The highest BCUT2D eigenvalue weighted by Gasteiger charge is 2.59. The van der Waals surface area contributed by atoms with Crippen LogP contribution in [0.4, 0.5) is 23.7 Å². The Morgan fingerprint density at radius 2 is 2.09 bits per heavy atom. The summed E-state index contributed by atoms with van der Waals surface area (Å²) in [5, 5.41) is 13.5. The molecule has 3 rings (SSSR count). The topological polar surface area (TPSA) is 61.4 Å².